The number of rotatable bonds is 3. The van der Waals surface area contributed by atoms with Gasteiger partial charge in [-0.2, -0.15) is 20.3 Å². The maximum Gasteiger partial charge on any atom is 0.280 e. The van der Waals surface area contributed by atoms with Gasteiger partial charge in [-0.1, -0.05) is 48.5 Å². The van der Waals surface area contributed by atoms with Crippen molar-refractivity contribution >= 4 is 33.8 Å². The van der Waals surface area contributed by atoms with Crippen molar-refractivity contribution in [3.05, 3.63) is 66.7 Å². The average Bonchev–Trinajstić information content (AvgIpc) is 2.96. The number of fused-ring (bicyclic) bond motifs is 1. The number of amides is 1. The van der Waals surface area contributed by atoms with Gasteiger partial charge >= 0.3 is 0 Å². The number of nitrogens with zero attached hydrogens (tertiary/aromatic N) is 4. The number of phenolic OH excluding ortho intramolecular Hbond substituents is 1. The Morgan fingerprint density at radius 3 is 2.54 bits per heavy atom. The largest absolute Gasteiger partial charge is 0.506 e. The zero-order valence-corrected chi connectivity index (χ0v) is 14.1. The molecule has 4 rings (SSSR count). The molecule has 1 unspecified atom stereocenters. The van der Waals surface area contributed by atoms with Crippen LogP contribution in [-0.2, 0) is 4.79 Å². The predicted molar refractivity (Wildman–Crippen MR) is 101 cm³/mol. The number of hydrogen-bond acceptors (Lipinski definition) is 5. The Morgan fingerprint density at radius 2 is 1.73 bits per heavy atom. The van der Waals surface area contributed by atoms with Crippen molar-refractivity contribution < 1.29 is 9.90 Å². The molecular formula is C20H16N4O2. The average molecular weight is 344 g/mol. The molecule has 1 N–H and O–H groups in total. The van der Waals surface area contributed by atoms with Crippen LogP contribution in [0.25, 0.3) is 10.8 Å². The van der Waals surface area contributed by atoms with E-state index in [-0.39, 0.29) is 11.7 Å². The fourth-order valence-corrected chi connectivity index (χ4v) is 2.91. The van der Waals surface area contributed by atoms with Gasteiger partial charge in [0.15, 0.2) is 6.04 Å². The van der Waals surface area contributed by atoms with Crippen LogP contribution < -0.4 is 5.01 Å². The van der Waals surface area contributed by atoms with E-state index >= 15 is 0 Å². The van der Waals surface area contributed by atoms with Crippen molar-refractivity contribution in [1.29, 1.82) is 0 Å². The van der Waals surface area contributed by atoms with Gasteiger partial charge in [0, 0.05) is 5.39 Å². The summed E-state index contributed by atoms with van der Waals surface area (Å²) in [5, 5.41) is 25.9. The number of phenols is 1. The standard InChI is InChI=1S/C20H16N4O2/c1-13-18(20(26)24(23-13)15-8-3-2-4-9-15)21-22-19-16-10-6-5-7-14(16)11-12-17(19)25/h2-12,18,25H,1H3. The molecule has 1 amide bonds. The lowest BCUT2D eigenvalue weighted by Crippen LogP contribution is -2.29. The van der Waals surface area contributed by atoms with Gasteiger partial charge in [0.25, 0.3) is 5.91 Å². The Morgan fingerprint density at radius 1 is 1.00 bits per heavy atom. The predicted octanol–water partition coefficient (Wildman–Crippen LogP) is 4.42. The second kappa shape index (κ2) is 6.40. The minimum Gasteiger partial charge on any atom is -0.506 e. The lowest BCUT2D eigenvalue weighted by molar-refractivity contribution is -0.117. The van der Waals surface area contributed by atoms with Crippen LogP contribution in [0, 0.1) is 0 Å². The molecule has 0 spiro atoms. The van der Waals surface area contributed by atoms with E-state index in [1.807, 2.05) is 60.7 Å². The lowest BCUT2D eigenvalue weighted by Gasteiger charge is -2.12. The van der Waals surface area contributed by atoms with Crippen LogP contribution in [-0.4, -0.2) is 22.8 Å². The van der Waals surface area contributed by atoms with E-state index in [9.17, 15) is 9.90 Å². The number of benzene rings is 3. The number of hydrogen-bond donors (Lipinski definition) is 1. The number of azo groups is 1. The molecule has 3 aromatic rings. The molecular weight excluding hydrogens is 328 g/mol. The quantitative estimate of drug-likeness (QED) is 0.714. The minimum absolute atomic E-state index is 0.0207. The van der Waals surface area contributed by atoms with Gasteiger partial charge < -0.3 is 5.11 Å². The maximum atomic E-state index is 12.7. The number of anilines is 1. The van der Waals surface area contributed by atoms with Crippen molar-refractivity contribution in [3.8, 4) is 5.75 Å². The van der Waals surface area contributed by atoms with Gasteiger partial charge in [-0.15, -0.1) is 0 Å². The topological polar surface area (TPSA) is 77.6 Å². The summed E-state index contributed by atoms with van der Waals surface area (Å²) in [4.78, 5) is 12.7. The molecule has 0 saturated heterocycles. The molecule has 1 atom stereocenters. The molecule has 1 aliphatic rings. The van der Waals surface area contributed by atoms with Crippen LogP contribution in [0.4, 0.5) is 11.4 Å². The second-order valence-corrected chi connectivity index (χ2v) is 6.00. The van der Waals surface area contributed by atoms with Gasteiger partial charge in [-0.25, -0.2) is 0 Å². The molecule has 26 heavy (non-hydrogen) atoms. The first-order valence-electron chi connectivity index (χ1n) is 8.21. The molecule has 6 heteroatoms. The fraction of sp³-hybridized carbons (Fsp3) is 0.100. The van der Waals surface area contributed by atoms with Crippen molar-refractivity contribution in [3.63, 3.8) is 0 Å². The molecule has 0 saturated carbocycles. The van der Waals surface area contributed by atoms with Gasteiger partial charge in [-0.3, -0.25) is 4.79 Å². The maximum absolute atomic E-state index is 12.7. The first-order valence-corrected chi connectivity index (χ1v) is 8.21. The third kappa shape index (κ3) is 2.71. The van der Waals surface area contributed by atoms with E-state index < -0.39 is 6.04 Å². The zero-order valence-electron chi connectivity index (χ0n) is 14.1. The zero-order chi connectivity index (χ0) is 18.1. The Hall–Kier alpha value is -3.54. The highest BCUT2D eigenvalue weighted by molar-refractivity contribution is 6.18. The Kier molecular flexibility index (Phi) is 3.93. The molecule has 0 aromatic heterocycles. The van der Waals surface area contributed by atoms with E-state index in [0.717, 1.165) is 10.8 Å². The number of carbonyl (C=O) groups is 1. The lowest BCUT2D eigenvalue weighted by atomic mass is 10.1. The highest BCUT2D eigenvalue weighted by Gasteiger charge is 2.34. The molecule has 6 nitrogen and oxygen atoms in total. The summed E-state index contributed by atoms with van der Waals surface area (Å²) in [6, 6.07) is 19.3. The first-order chi connectivity index (χ1) is 12.6. The molecule has 3 aromatic carbocycles. The van der Waals surface area contributed by atoms with Crippen molar-refractivity contribution in [2.24, 2.45) is 15.3 Å². The van der Waals surface area contributed by atoms with Gasteiger partial charge in [0.1, 0.15) is 11.4 Å². The van der Waals surface area contributed by atoms with Gasteiger partial charge in [0.05, 0.1) is 11.4 Å². The monoisotopic (exact) mass is 344 g/mol. The van der Waals surface area contributed by atoms with Crippen LogP contribution in [0.2, 0.25) is 0 Å². The highest BCUT2D eigenvalue weighted by atomic mass is 16.3. The third-order valence-electron chi connectivity index (χ3n) is 4.25. The first kappa shape index (κ1) is 16.0. The van der Waals surface area contributed by atoms with Crippen LogP contribution in [0.1, 0.15) is 6.92 Å². The molecule has 0 fully saturated rings. The third-order valence-corrected chi connectivity index (χ3v) is 4.25. The molecule has 1 heterocycles. The number of para-hydroxylation sites is 1. The van der Waals surface area contributed by atoms with E-state index in [1.54, 1.807) is 13.0 Å². The second-order valence-electron chi connectivity index (χ2n) is 6.00. The van der Waals surface area contributed by atoms with Gasteiger partial charge in [-0.05, 0) is 30.5 Å². The van der Waals surface area contributed by atoms with E-state index in [2.05, 4.69) is 15.3 Å². The summed E-state index contributed by atoms with van der Waals surface area (Å²) in [5.74, 6) is -0.246. The Bertz CT molecular complexity index is 1040. The van der Waals surface area contributed by atoms with E-state index in [0.29, 0.717) is 17.1 Å². The summed E-state index contributed by atoms with van der Waals surface area (Å²) in [7, 11) is 0. The summed E-state index contributed by atoms with van der Waals surface area (Å²) >= 11 is 0. The van der Waals surface area contributed by atoms with Crippen molar-refractivity contribution in [2.45, 2.75) is 13.0 Å². The highest BCUT2D eigenvalue weighted by Crippen LogP contribution is 2.35. The van der Waals surface area contributed by atoms with Crippen LogP contribution in [0.15, 0.2) is 82.1 Å². The van der Waals surface area contributed by atoms with E-state index in [4.69, 9.17) is 0 Å². The minimum atomic E-state index is -0.798. The normalized spacial score (nSPS) is 17.3. The van der Waals surface area contributed by atoms with Crippen molar-refractivity contribution in [1.82, 2.24) is 0 Å². The Labute approximate surface area is 150 Å². The van der Waals surface area contributed by atoms with Gasteiger partial charge in [0.2, 0.25) is 0 Å². The van der Waals surface area contributed by atoms with Crippen LogP contribution >= 0.6 is 0 Å². The Balaban J connectivity index is 1.67. The number of carbonyl (C=O) groups excluding carboxylic acids is 1. The number of aromatic hydroxyl groups is 1. The molecule has 0 radical (unpaired) electrons. The smallest absolute Gasteiger partial charge is 0.280 e. The van der Waals surface area contributed by atoms with E-state index in [1.165, 1.54) is 5.01 Å². The molecule has 128 valence electrons. The molecule has 0 bridgehead atoms. The van der Waals surface area contributed by atoms with Crippen LogP contribution in [0.3, 0.4) is 0 Å². The van der Waals surface area contributed by atoms with Crippen molar-refractivity contribution in [2.75, 3.05) is 5.01 Å². The number of hydrazone groups is 1. The summed E-state index contributed by atoms with van der Waals surface area (Å²) in [6.07, 6.45) is 0. The SMILES string of the molecule is CC1=NN(c2ccccc2)C(=O)C1N=Nc1c(O)ccc2ccccc12. The molecule has 0 aliphatic carbocycles. The molecule has 1 aliphatic heterocycles. The summed E-state index contributed by atoms with van der Waals surface area (Å²) in [5.41, 5.74) is 1.59. The summed E-state index contributed by atoms with van der Waals surface area (Å²) < 4.78 is 0. The van der Waals surface area contributed by atoms with Crippen LogP contribution in [0.5, 0.6) is 5.75 Å². The summed E-state index contributed by atoms with van der Waals surface area (Å²) in [6.45, 7) is 1.74. The fourth-order valence-electron chi connectivity index (χ4n) is 2.91.